The number of hydrogen-bond acceptors (Lipinski definition) is 6. The summed E-state index contributed by atoms with van der Waals surface area (Å²) in [6.07, 6.45) is 3.49. The van der Waals surface area contributed by atoms with Gasteiger partial charge in [-0.3, -0.25) is 14.6 Å². The molecule has 4 aromatic rings. The number of rotatable bonds is 7. The van der Waals surface area contributed by atoms with E-state index in [4.69, 9.17) is 5.73 Å². The van der Waals surface area contributed by atoms with Gasteiger partial charge in [-0.1, -0.05) is 42.5 Å². The van der Waals surface area contributed by atoms with Gasteiger partial charge in [-0.15, -0.1) is 0 Å². The van der Waals surface area contributed by atoms with Crippen molar-refractivity contribution in [3.05, 3.63) is 105 Å². The van der Waals surface area contributed by atoms with Gasteiger partial charge in [0.25, 0.3) is 10.9 Å². The maximum atomic E-state index is 11.9. The largest absolute Gasteiger partial charge is 0.394 e. The van der Waals surface area contributed by atoms with Crippen LogP contribution in [0.4, 0.5) is 17.1 Å². The molecule has 3 aromatic carbocycles. The molecule has 150 valence electrons. The van der Waals surface area contributed by atoms with Crippen LogP contribution in [0.25, 0.3) is 11.1 Å². The van der Waals surface area contributed by atoms with Crippen molar-refractivity contribution in [3.63, 3.8) is 0 Å². The summed E-state index contributed by atoms with van der Waals surface area (Å²) in [6, 6.07) is 20.0. The van der Waals surface area contributed by atoms with Crippen LogP contribution in [0.15, 0.2) is 82.6 Å². The second kappa shape index (κ2) is 8.31. The number of benzene rings is 2. The van der Waals surface area contributed by atoms with Crippen molar-refractivity contribution >= 4 is 17.1 Å². The third kappa shape index (κ3) is 3.73. The van der Waals surface area contributed by atoms with Crippen LogP contribution in [0.3, 0.4) is 0 Å². The number of nitrogens with one attached hydrogen (secondary N) is 2. The van der Waals surface area contributed by atoms with Gasteiger partial charge in [-0.25, -0.2) is 0 Å². The van der Waals surface area contributed by atoms with E-state index < -0.39 is 10.9 Å². The molecule has 1 aromatic heterocycles. The first-order valence-electron chi connectivity index (χ1n) is 9.72. The second-order valence-electron chi connectivity index (χ2n) is 7.15. The summed E-state index contributed by atoms with van der Waals surface area (Å²) in [6.45, 7) is 2.65. The van der Waals surface area contributed by atoms with Crippen molar-refractivity contribution in [2.75, 3.05) is 11.1 Å². The fourth-order valence-corrected chi connectivity index (χ4v) is 3.48. The zero-order valence-corrected chi connectivity index (χ0v) is 16.6. The van der Waals surface area contributed by atoms with Gasteiger partial charge in [-0.2, -0.15) is 0 Å². The third-order valence-electron chi connectivity index (χ3n) is 5.26. The van der Waals surface area contributed by atoms with Gasteiger partial charge in [0.15, 0.2) is 0 Å². The monoisotopic (exact) mass is 398 g/mol. The molecule has 6 nitrogen and oxygen atoms in total. The van der Waals surface area contributed by atoms with E-state index in [1.165, 1.54) is 5.56 Å². The Kier molecular flexibility index (Phi) is 5.41. The average molecular weight is 398 g/mol. The van der Waals surface area contributed by atoms with E-state index in [0.29, 0.717) is 6.54 Å². The summed E-state index contributed by atoms with van der Waals surface area (Å²) < 4.78 is 0. The maximum Gasteiger partial charge on any atom is 0.253 e. The highest BCUT2D eigenvalue weighted by molar-refractivity contribution is 5.81. The van der Waals surface area contributed by atoms with Crippen molar-refractivity contribution in [3.8, 4) is 11.1 Å². The van der Waals surface area contributed by atoms with E-state index >= 15 is 0 Å². The highest BCUT2D eigenvalue weighted by Crippen LogP contribution is 2.32. The van der Waals surface area contributed by atoms with Crippen LogP contribution in [0, 0.1) is 0 Å². The van der Waals surface area contributed by atoms with Gasteiger partial charge in [-0.05, 0) is 47.4 Å². The predicted molar refractivity (Wildman–Crippen MR) is 120 cm³/mol. The molecule has 0 aliphatic heterocycles. The lowest BCUT2D eigenvalue weighted by atomic mass is 9.97. The number of hydrogen-bond donors (Lipinski definition) is 3. The van der Waals surface area contributed by atoms with Crippen LogP contribution in [-0.4, -0.2) is 4.98 Å². The first-order chi connectivity index (χ1) is 14.6. The molecule has 0 fully saturated rings. The van der Waals surface area contributed by atoms with E-state index in [2.05, 4.69) is 34.7 Å². The molecule has 0 saturated heterocycles. The predicted octanol–water partition coefficient (Wildman–Crippen LogP) is 3.52. The Morgan fingerprint density at radius 2 is 1.67 bits per heavy atom. The van der Waals surface area contributed by atoms with Crippen molar-refractivity contribution < 1.29 is 0 Å². The van der Waals surface area contributed by atoms with Gasteiger partial charge < -0.3 is 16.4 Å². The van der Waals surface area contributed by atoms with E-state index in [0.717, 1.165) is 22.4 Å². The van der Waals surface area contributed by atoms with Gasteiger partial charge in [0.2, 0.25) is 0 Å². The Balaban J connectivity index is 1.69. The lowest BCUT2D eigenvalue weighted by Crippen LogP contribution is -2.36. The molecule has 1 atom stereocenters. The molecule has 0 bridgehead atoms. The van der Waals surface area contributed by atoms with Crippen LogP contribution in [0.1, 0.15) is 24.1 Å². The summed E-state index contributed by atoms with van der Waals surface area (Å²) in [5.74, 6) is 0. The quantitative estimate of drug-likeness (QED) is 0.412. The minimum absolute atomic E-state index is 0.0223. The van der Waals surface area contributed by atoms with Crippen LogP contribution < -0.4 is 27.2 Å². The first kappa shape index (κ1) is 19.5. The Morgan fingerprint density at radius 3 is 2.37 bits per heavy atom. The number of anilines is 3. The number of nitrogen functional groups attached to an aromatic ring is 1. The molecule has 1 heterocycles. The highest BCUT2D eigenvalue weighted by atomic mass is 16.2. The molecule has 0 aliphatic rings. The summed E-state index contributed by atoms with van der Waals surface area (Å²) in [7, 11) is 0. The van der Waals surface area contributed by atoms with E-state index in [1.807, 2.05) is 48.5 Å². The molecule has 0 saturated carbocycles. The topological polar surface area (TPSA) is 97.1 Å². The number of aromatic nitrogens is 1. The lowest BCUT2D eigenvalue weighted by Gasteiger charge is -2.20. The molecule has 4 N–H and O–H groups in total. The fraction of sp³-hybridized carbons (Fsp3) is 0.125. The van der Waals surface area contributed by atoms with Crippen LogP contribution in [0.5, 0.6) is 0 Å². The Bertz CT molecular complexity index is 1230. The minimum atomic E-state index is -0.639. The second-order valence-corrected chi connectivity index (χ2v) is 7.15. The van der Waals surface area contributed by atoms with Crippen molar-refractivity contribution in [1.82, 2.24) is 10.3 Å². The lowest BCUT2D eigenvalue weighted by molar-refractivity contribution is 0.576. The average Bonchev–Trinajstić information content (AvgIpc) is 2.81. The minimum Gasteiger partial charge on any atom is -0.394 e. The van der Waals surface area contributed by atoms with Gasteiger partial charge in [0, 0.05) is 30.7 Å². The molecule has 6 heteroatoms. The maximum absolute atomic E-state index is 11.9. The number of pyridine rings is 1. The van der Waals surface area contributed by atoms with Gasteiger partial charge in [0.05, 0.1) is 0 Å². The van der Waals surface area contributed by atoms with Crippen LogP contribution >= 0.6 is 0 Å². The number of nitrogens with zero attached hydrogens (tertiary/aromatic N) is 1. The van der Waals surface area contributed by atoms with Gasteiger partial charge in [0.1, 0.15) is 11.4 Å². The Morgan fingerprint density at radius 1 is 0.933 bits per heavy atom. The summed E-state index contributed by atoms with van der Waals surface area (Å²) in [5.41, 5.74) is 9.54. The molecule has 0 spiro atoms. The molecule has 4 rings (SSSR count). The van der Waals surface area contributed by atoms with E-state index in [1.54, 1.807) is 12.4 Å². The summed E-state index contributed by atoms with van der Waals surface area (Å²) in [4.78, 5) is 27.5. The molecule has 0 aliphatic carbocycles. The zero-order chi connectivity index (χ0) is 21.1. The van der Waals surface area contributed by atoms with Crippen molar-refractivity contribution in [1.29, 1.82) is 0 Å². The van der Waals surface area contributed by atoms with E-state index in [-0.39, 0.29) is 17.4 Å². The standard InChI is InChI=1S/C24H22N4O2/c1-15(16-6-3-2-4-7-16)27-14-19-18(17-10-12-26-13-11-17)8-5-9-20(19)28-22-21(25)23(29)24(22)30/h2-13,15,27-28H,14,25H2,1H3. The summed E-state index contributed by atoms with van der Waals surface area (Å²) >= 11 is 0. The Labute approximate surface area is 174 Å². The first-order valence-corrected chi connectivity index (χ1v) is 9.72. The van der Waals surface area contributed by atoms with Crippen molar-refractivity contribution in [2.45, 2.75) is 19.5 Å². The van der Waals surface area contributed by atoms with Crippen LogP contribution in [0.2, 0.25) is 0 Å². The third-order valence-corrected chi connectivity index (χ3v) is 5.26. The normalized spacial score (nSPS) is 12.0. The van der Waals surface area contributed by atoms with E-state index in [9.17, 15) is 9.59 Å². The van der Waals surface area contributed by atoms with Crippen LogP contribution in [-0.2, 0) is 6.54 Å². The molecule has 1 unspecified atom stereocenters. The smallest absolute Gasteiger partial charge is 0.253 e. The van der Waals surface area contributed by atoms with Crippen molar-refractivity contribution in [2.24, 2.45) is 0 Å². The highest BCUT2D eigenvalue weighted by Gasteiger charge is 2.20. The fourth-order valence-electron chi connectivity index (χ4n) is 3.48. The molecule has 30 heavy (non-hydrogen) atoms. The SMILES string of the molecule is CC(NCc1c(Nc2c(N)c(=O)c2=O)cccc1-c1ccncc1)c1ccccc1. The van der Waals surface area contributed by atoms with Gasteiger partial charge >= 0.3 is 0 Å². The Hall–Kier alpha value is -3.77. The summed E-state index contributed by atoms with van der Waals surface area (Å²) in [5, 5.41) is 6.63. The zero-order valence-electron chi connectivity index (χ0n) is 16.6. The molecule has 0 amide bonds. The number of nitrogens with two attached hydrogens (primary N) is 1. The molecular weight excluding hydrogens is 376 g/mol. The molecular formula is C24H22N4O2. The molecule has 0 radical (unpaired) electrons.